The first kappa shape index (κ1) is 13.4. The fourth-order valence-corrected chi connectivity index (χ4v) is 2.77. The topological polar surface area (TPSA) is 33.3 Å². The Balaban J connectivity index is 1.95. The van der Waals surface area contributed by atoms with Crippen LogP contribution in [-0.4, -0.2) is 26.7 Å². The van der Waals surface area contributed by atoms with Gasteiger partial charge in [0.1, 0.15) is 5.75 Å². The first-order valence-electron chi connectivity index (χ1n) is 6.76. The van der Waals surface area contributed by atoms with E-state index >= 15 is 0 Å². The number of ether oxygens (including phenoxy) is 1. The highest BCUT2D eigenvalue weighted by Crippen LogP contribution is 2.24. The summed E-state index contributed by atoms with van der Waals surface area (Å²) >= 11 is 0. The summed E-state index contributed by atoms with van der Waals surface area (Å²) in [4.78, 5) is 0. The lowest BCUT2D eigenvalue weighted by Gasteiger charge is -2.15. The molecule has 1 unspecified atom stereocenters. The molecule has 100 valence electrons. The second kappa shape index (κ2) is 6.21. The molecule has 3 nitrogen and oxygen atoms in total. The summed E-state index contributed by atoms with van der Waals surface area (Å²) in [5.74, 6) is 1.81. The molecule has 1 aliphatic rings. The zero-order chi connectivity index (χ0) is 13.0. The van der Waals surface area contributed by atoms with Gasteiger partial charge < -0.3 is 15.4 Å². The van der Waals surface area contributed by atoms with Crippen molar-refractivity contribution in [1.29, 1.82) is 0 Å². The van der Waals surface area contributed by atoms with Crippen LogP contribution in [0.5, 0.6) is 5.75 Å². The van der Waals surface area contributed by atoms with Crippen LogP contribution in [0.15, 0.2) is 12.1 Å². The predicted molar refractivity (Wildman–Crippen MR) is 75.2 cm³/mol. The summed E-state index contributed by atoms with van der Waals surface area (Å²) in [6.07, 6.45) is 1.29. The molecule has 0 spiro atoms. The van der Waals surface area contributed by atoms with E-state index in [1.165, 1.54) is 29.7 Å². The van der Waals surface area contributed by atoms with Gasteiger partial charge in [-0.2, -0.15) is 0 Å². The van der Waals surface area contributed by atoms with Gasteiger partial charge in [0, 0.05) is 12.1 Å². The van der Waals surface area contributed by atoms with Gasteiger partial charge in [-0.05, 0) is 51.4 Å². The Morgan fingerprint density at radius 2 is 2.22 bits per heavy atom. The maximum Gasteiger partial charge on any atom is 0.126 e. The molecule has 2 rings (SSSR count). The number of rotatable bonds is 5. The first-order valence-corrected chi connectivity index (χ1v) is 6.76. The van der Waals surface area contributed by atoms with E-state index < -0.39 is 0 Å². The van der Waals surface area contributed by atoms with Crippen molar-refractivity contribution in [2.75, 3.05) is 26.7 Å². The lowest BCUT2D eigenvalue weighted by molar-refractivity contribution is 0.403. The Morgan fingerprint density at radius 1 is 1.39 bits per heavy atom. The highest BCUT2D eigenvalue weighted by molar-refractivity contribution is 5.43. The Kier molecular flexibility index (Phi) is 4.61. The summed E-state index contributed by atoms with van der Waals surface area (Å²) in [7, 11) is 1.75. The minimum Gasteiger partial charge on any atom is -0.496 e. The first-order chi connectivity index (χ1) is 8.70. The van der Waals surface area contributed by atoms with Crippen LogP contribution in [0.1, 0.15) is 23.1 Å². The van der Waals surface area contributed by atoms with Gasteiger partial charge in [0.25, 0.3) is 0 Å². The molecule has 1 saturated heterocycles. The van der Waals surface area contributed by atoms with Gasteiger partial charge >= 0.3 is 0 Å². The van der Waals surface area contributed by atoms with Crippen molar-refractivity contribution in [2.45, 2.75) is 26.8 Å². The van der Waals surface area contributed by atoms with Crippen molar-refractivity contribution in [2.24, 2.45) is 5.92 Å². The van der Waals surface area contributed by atoms with E-state index in [1.54, 1.807) is 7.11 Å². The average Bonchev–Trinajstić information content (AvgIpc) is 2.81. The van der Waals surface area contributed by atoms with Crippen molar-refractivity contribution < 1.29 is 4.74 Å². The molecule has 2 N–H and O–H groups in total. The molecule has 1 aromatic carbocycles. The number of methoxy groups -OCH3 is 1. The van der Waals surface area contributed by atoms with Crippen LogP contribution in [0.4, 0.5) is 0 Å². The average molecular weight is 248 g/mol. The maximum absolute atomic E-state index is 5.50. The van der Waals surface area contributed by atoms with E-state index in [2.05, 4.69) is 36.6 Å². The number of hydrogen-bond acceptors (Lipinski definition) is 3. The number of nitrogens with one attached hydrogen (secondary N) is 2. The molecule has 1 atom stereocenters. The lowest BCUT2D eigenvalue weighted by atomic mass is 10.0. The Bertz CT molecular complexity index is 398. The highest BCUT2D eigenvalue weighted by Gasteiger charge is 2.14. The van der Waals surface area contributed by atoms with Crippen LogP contribution in [0.2, 0.25) is 0 Å². The van der Waals surface area contributed by atoms with Crippen molar-refractivity contribution in [1.82, 2.24) is 10.6 Å². The number of aryl methyl sites for hydroxylation is 2. The fourth-order valence-electron chi connectivity index (χ4n) is 2.77. The zero-order valence-electron chi connectivity index (χ0n) is 11.7. The molecule has 0 radical (unpaired) electrons. The lowest BCUT2D eigenvalue weighted by Crippen LogP contribution is -2.24. The molecule has 1 aromatic rings. The molecular formula is C15H24N2O. The summed E-state index contributed by atoms with van der Waals surface area (Å²) in [5, 5.41) is 6.95. The second-order valence-corrected chi connectivity index (χ2v) is 5.26. The minimum atomic E-state index is 0.780. The Morgan fingerprint density at radius 3 is 2.89 bits per heavy atom. The number of benzene rings is 1. The zero-order valence-corrected chi connectivity index (χ0v) is 11.7. The molecule has 0 saturated carbocycles. The molecule has 18 heavy (non-hydrogen) atoms. The van der Waals surface area contributed by atoms with E-state index in [0.29, 0.717) is 0 Å². The van der Waals surface area contributed by atoms with Crippen LogP contribution in [0, 0.1) is 19.8 Å². The molecule has 0 aromatic heterocycles. The van der Waals surface area contributed by atoms with E-state index in [-0.39, 0.29) is 0 Å². The van der Waals surface area contributed by atoms with E-state index in [4.69, 9.17) is 4.74 Å². The van der Waals surface area contributed by atoms with Crippen LogP contribution in [0.25, 0.3) is 0 Å². The SMILES string of the molecule is COc1c(C)cc(C)cc1CNCC1CCNC1. The van der Waals surface area contributed by atoms with Crippen LogP contribution in [-0.2, 0) is 6.54 Å². The minimum absolute atomic E-state index is 0.780. The van der Waals surface area contributed by atoms with Crippen molar-refractivity contribution in [3.8, 4) is 5.75 Å². The predicted octanol–water partition coefficient (Wildman–Crippen LogP) is 2.01. The third kappa shape index (κ3) is 3.24. The molecule has 0 amide bonds. The number of hydrogen-bond donors (Lipinski definition) is 2. The molecular weight excluding hydrogens is 224 g/mol. The monoisotopic (exact) mass is 248 g/mol. The third-order valence-electron chi connectivity index (χ3n) is 3.61. The van der Waals surface area contributed by atoms with Gasteiger partial charge in [-0.25, -0.2) is 0 Å². The smallest absolute Gasteiger partial charge is 0.126 e. The van der Waals surface area contributed by atoms with Gasteiger partial charge in [0.05, 0.1) is 7.11 Å². The Labute approximate surface area is 110 Å². The van der Waals surface area contributed by atoms with Gasteiger partial charge in [0.15, 0.2) is 0 Å². The van der Waals surface area contributed by atoms with Crippen molar-refractivity contribution in [3.05, 3.63) is 28.8 Å². The Hall–Kier alpha value is -1.06. The van der Waals surface area contributed by atoms with Crippen LogP contribution in [0.3, 0.4) is 0 Å². The largest absolute Gasteiger partial charge is 0.496 e. The van der Waals surface area contributed by atoms with Crippen LogP contribution < -0.4 is 15.4 Å². The second-order valence-electron chi connectivity index (χ2n) is 5.26. The highest BCUT2D eigenvalue weighted by atomic mass is 16.5. The van der Waals surface area contributed by atoms with Gasteiger partial charge in [-0.3, -0.25) is 0 Å². The fraction of sp³-hybridized carbons (Fsp3) is 0.600. The maximum atomic E-state index is 5.50. The van der Waals surface area contributed by atoms with Gasteiger partial charge in [-0.15, -0.1) is 0 Å². The standard InChI is InChI=1S/C15H24N2O/c1-11-6-12(2)15(18-3)14(7-11)10-17-9-13-4-5-16-8-13/h6-7,13,16-17H,4-5,8-10H2,1-3H3. The molecule has 0 aliphatic carbocycles. The van der Waals surface area contributed by atoms with Gasteiger partial charge in [0.2, 0.25) is 0 Å². The molecule has 1 heterocycles. The normalized spacial score (nSPS) is 19.2. The van der Waals surface area contributed by atoms with E-state index in [9.17, 15) is 0 Å². The third-order valence-corrected chi connectivity index (χ3v) is 3.61. The quantitative estimate of drug-likeness (QED) is 0.836. The van der Waals surface area contributed by atoms with Crippen molar-refractivity contribution in [3.63, 3.8) is 0 Å². The van der Waals surface area contributed by atoms with Crippen LogP contribution >= 0.6 is 0 Å². The van der Waals surface area contributed by atoms with E-state index in [0.717, 1.165) is 31.3 Å². The molecule has 1 aliphatic heterocycles. The summed E-state index contributed by atoms with van der Waals surface area (Å²) < 4.78 is 5.50. The molecule has 3 heteroatoms. The van der Waals surface area contributed by atoms with E-state index in [1.807, 2.05) is 0 Å². The molecule has 0 bridgehead atoms. The summed E-state index contributed by atoms with van der Waals surface area (Å²) in [6.45, 7) is 8.54. The summed E-state index contributed by atoms with van der Waals surface area (Å²) in [6, 6.07) is 4.38. The molecule has 1 fully saturated rings. The summed E-state index contributed by atoms with van der Waals surface area (Å²) in [5.41, 5.74) is 3.78. The van der Waals surface area contributed by atoms with Gasteiger partial charge in [-0.1, -0.05) is 17.7 Å². The van der Waals surface area contributed by atoms with Crippen molar-refractivity contribution >= 4 is 0 Å².